The Morgan fingerprint density at radius 2 is 1.47 bits per heavy atom. The minimum absolute atomic E-state index is 0.0105. The third-order valence-corrected chi connectivity index (χ3v) is 5.18. The number of ketones is 1. The molecular formula is C24H24N3O3+. The van der Waals surface area contributed by atoms with Gasteiger partial charge in [0.05, 0.1) is 19.3 Å². The fraction of sp³-hybridized carbons (Fsp3) is 0.208. The summed E-state index contributed by atoms with van der Waals surface area (Å²) in [7, 11) is 0. The van der Waals surface area contributed by atoms with Gasteiger partial charge in [0.15, 0.2) is 12.4 Å². The van der Waals surface area contributed by atoms with E-state index in [1.165, 1.54) is 0 Å². The van der Waals surface area contributed by atoms with Crippen molar-refractivity contribution in [1.29, 1.82) is 0 Å². The third kappa shape index (κ3) is 4.66. The zero-order valence-corrected chi connectivity index (χ0v) is 16.7. The first-order valence-corrected chi connectivity index (χ1v) is 10.0. The summed E-state index contributed by atoms with van der Waals surface area (Å²) in [6, 6.07) is 22.0. The molecule has 1 aromatic heterocycles. The van der Waals surface area contributed by atoms with Gasteiger partial charge in [0.25, 0.3) is 11.7 Å². The molecule has 3 aromatic rings. The van der Waals surface area contributed by atoms with Gasteiger partial charge in [0, 0.05) is 17.2 Å². The molecule has 1 aliphatic heterocycles. The van der Waals surface area contributed by atoms with E-state index in [-0.39, 0.29) is 18.3 Å². The van der Waals surface area contributed by atoms with Crippen LogP contribution in [0.5, 0.6) is 5.75 Å². The monoisotopic (exact) mass is 402 g/mol. The molecule has 4 rings (SSSR count). The minimum atomic E-state index is -0.0354. The Bertz CT molecular complexity index is 983. The Morgan fingerprint density at radius 3 is 2.13 bits per heavy atom. The van der Waals surface area contributed by atoms with Crippen molar-refractivity contribution in [2.45, 2.75) is 0 Å². The molecule has 152 valence electrons. The number of piperazine rings is 1. The van der Waals surface area contributed by atoms with Crippen molar-refractivity contribution < 1.29 is 19.3 Å². The van der Waals surface area contributed by atoms with Crippen LogP contribution in [0.15, 0.2) is 79.0 Å². The van der Waals surface area contributed by atoms with Crippen LogP contribution in [-0.4, -0.2) is 49.4 Å². The number of carbonyl (C=O) groups excluding carboxylic acids is 2. The van der Waals surface area contributed by atoms with Crippen LogP contribution in [0.25, 0.3) is 0 Å². The van der Waals surface area contributed by atoms with Crippen molar-refractivity contribution in [3.63, 3.8) is 0 Å². The number of nitrogens with zero attached hydrogens (tertiary/aromatic N) is 2. The molecule has 0 saturated carbocycles. The topological polar surface area (TPSA) is 64.0 Å². The van der Waals surface area contributed by atoms with Crippen LogP contribution < -0.4 is 14.6 Å². The summed E-state index contributed by atoms with van der Waals surface area (Å²) in [6.45, 7) is 2.87. The van der Waals surface area contributed by atoms with Crippen LogP contribution in [-0.2, 0) is 4.79 Å². The standard InChI is InChI=1S/C24H23N3O3/c28-23(27-16-14-26(15-17-27)22-8-4-5-13-25-22)18-30-21-11-9-20(10-12-21)24(29)19-6-2-1-3-7-19/h1-13H,14-18H2/p+1. The molecular weight excluding hydrogens is 378 g/mol. The van der Waals surface area contributed by atoms with E-state index < -0.39 is 0 Å². The van der Waals surface area contributed by atoms with E-state index in [1.807, 2.05) is 47.5 Å². The van der Waals surface area contributed by atoms with Gasteiger partial charge < -0.3 is 9.64 Å². The van der Waals surface area contributed by atoms with E-state index in [9.17, 15) is 9.59 Å². The quantitative estimate of drug-likeness (QED) is 0.594. The molecule has 0 radical (unpaired) electrons. The molecule has 1 N–H and O–H groups in total. The summed E-state index contributed by atoms with van der Waals surface area (Å²) in [5.41, 5.74) is 1.24. The van der Waals surface area contributed by atoms with Crippen LogP contribution >= 0.6 is 0 Å². The van der Waals surface area contributed by atoms with Crippen molar-refractivity contribution >= 4 is 17.5 Å². The Balaban J connectivity index is 1.27. The van der Waals surface area contributed by atoms with E-state index in [4.69, 9.17) is 4.74 Å². The van der Waals surface area contributed by atoms with Gasteiger partial charge in [-0.1, -0.05) is 36.4 Å². The largest absolute Gasteiger partial charge is 0.484 e. The first-order valence-electron chi connectivity index (χ1n) is 10.0. The van der Waals surface area contributed by atoms with Crippen molar-refractivity contribution in [2.75, 3.05) is 37.7 Å². The summed E-state index contributed by atoms with van der Waals surface area (Å²) >= 11 is 0. The van der Waals surface area contributed by atoms with E-state index in [2.05, 4.69) is 9.88 Å². The zero-order valence-electron chi connectivity index (χ0n) is 16.7. The van der Waals surface area contributed by atoms with Gasteiger partial charge >= 0.3 is 0 Å². The van der Waals surface area contributed by atoms with E-state index in [1.54, 1.807) is 36.4 Å². The van der Waals surface area contributed by atoms with Crippen LogP contribution in [0.4, 0.5) is 5.82 Å². The van der Waals surface area contributed by atoms with E-state index >= 15 is 0 Å². The molecule has 1 amide bonds. The van der Waals surface area contributed by atoms with Gasteiger partial charge in [0.1, 0.15) is 18.8 Å². The van der Waals surface area contributed by atoms with E-state index in [0.29, 0.717) is 30.0 Å². The molecule has 0 atom stereocenters. The Kier molecular flexibility index (Phi) is 6.03. The number of hydrogen-bond acceptors (Lipinski definition) is 4. The highest BCUT2D eigenvalue weighted by atomic mass is 16.5. The number of aromatic amines is 1. The number of aromatic nitrogens is 1. The average Bonchev–Trinajstić information content (AvgIpc) is 2.83. The zero-order chi connectivity index (χ0) is 20.8. The lowest BCUT2D eigenvalue weighted by atomic mass is 10.0. The number of anilines is 1. The fourth-order valence-corrected chi connectivity index (χ4v) is 3.47. The second-order valence-corrected chi connectivity index (χ2v) is 7.12. The molecule has 6 heteroatoms. The van der Waals surface area contributed by atoms with Gasteiger partial charge in [-0.25, -0.2) is 4.98 Å². The summed E-state index contributed by atoms with van der Waals surface area (Å²) < 4.78 is 5.65. The van der Waals surface area contributed by atoms with Crippen LogP contribution in [0.2, 0.25) is 0 Å². The normalized spacial score (nSPS) is 13.7. The lowest BCUT2D eigenvalue weighted by Crippen LogP contribution is -2.51. The Morgan fingerprint density at radius 1 is 0.800 bits per heavy atom. The SMILES string of the molecule is O=C(c1ccccc1)c1ccc(OCC(=O)N2CCN(c3cccc[nH+]3)CC2)cc1. The van der Waals surface area contributed by atoms with Gasteiger partial charge in [-0.05, 0) is 30.3 Å². The fourth-order valence-electron chi connectivity index (χ4n) is 3.47. The second-order valence-electron chi connectivity index (χ2n) is 7.12. The number of hydrogen-bond donors (Lipinski definition) is 0. The highest BCUT2D eigenvalue weighted by Crippen LogP contribution is 2.16. The predicted molar refractivity (Wildman–Crippen MR) is 114 cm³/mol. The number of amides is 1. The van der Waals surface area contributed by atoms with E-state index in [0.717, 1.165) is 18.9 Å². The van der Waals surface area contributed by atoms with Gasteiger partial charge in [0.2, 0.25) is 0 Å². The van der Waals surface area contributed by atoms with Crippen molar-refractivity contribution in [3.05, 3.63) is 90.1 Å². The summed E-state index contributed by atoms with van der Waals surface area (Å²) in [5, 5.41) is 0. The van der Waals surface area contributed by atoms with Crippen LogP contribution in [0.1, 0.15) is 15.9 Å². The molecule has 1 aliphatic rings. The molecule has 0 bridgehead atoms. The minimum Gasteiger partial charge on any atom is -0.484 e. The maximum Gasteiger partial charge on any atom is 0.274 e. The number of carbonyl (C=O) groups is 2. The van der Waals surface area contributed by atoms with Crippen LogP contribution in [0, 0.1) is 0 Å². The maximum absolute atomic E-state index is 12.5. The van der Waals surface area contributed by atoms with Crippen molar-refractivity contribution in [2.24, 2.45) is 0 Å². The first kappa shape index (κ1) is 19.6. The molecule has 2 heterocycles. The molecule has 0 unspecified atom stereocenters. The Labute approximate surface area is 175 Å². The summed E-state index contributed by atoms with van der Waals surface area (Å²) in [6.07, 6.45) is 1.90. The number of rotatable bonds is 6. The molecule has 2 aromatic carbocycles. The Hall–Kier alpha value is -3.67. The third-order valence-electron chi connectivity index (χ3n) is 5.18. The molecule has 1 fully saturated rings. The summed E-state index contributed by atoms with van der Waals surface area (Å²) in [4.78, 5) is 32.2. The number of benzene rings is 2. The molecule has 1 saturated heterocycles. The highest BCUT2D eigenvalue weighted by Gasteiger charge is 2.26. The number of ether oxygens (including phenoxy) is 1. The van der Waals surface area contributed by atoms with Gasteiger partial charge in [-0.3, -0.25) is 14.5 Å². The number of nitrogens with one attached hydrogen (secondary N) is 1. The predicted octanol–water partition coefficient (Wildman–Crippen LogP) is 2.46. The lowest BCUT2D eigenvalue weighted by Gasteiger charge is -2.30. The second kappa shape index (κ2) is 9.22. The highest BCUT2D eigenvalue weighted by molar-refractivity contribution is 6.08. The maximum atomic E-state index is 12.5. The van der Waals surface area contributed by atoms with Crippen molar-refractivity contribution in [3.8, 4) is 5.75 Å². The molecule has 0 aliphatic carbocycles. The first-order chi connectivity index (χ1) is 14.7. The summed E-state index contributed by atoms with van der Waals surface area (Å²) in [5.74, 6) is 1.57. The molecule has 30 heavy (non-hydrogen) atoms. The molecule has 6 nitrogen and oxygen atoms in total. The molecule has 0 spiro atoms. The number of pyridine rings is 1. The smallest absolute Gasteiger partial charge is 0.274 e. The van der Waals surface area contributed by atoms with Crippen molar-refractivity contribution in [1.82, 2.24) is 4.90 Å². The van der Waals surface area contributed by atoms with Gasteiger partial charge in [-0.2, -0.15) is 0 Å². The van der Waals surface area contributed by atoms with Crippen LogP contribution in [0.3, 0.4) is 0 Å². The average molecular weight is 402 g/mol. The number of H-pyrrole nitrogens is 1. The lowest BCUT2D eigenvalue weighted by molar-refractivity contribution is -0.364. The van der Waals surface area contributed by atoms with Gasteiger partial charge in [-0.15, -0.1) is 0 Å².